The summed E-state index contributed by atoms with van der Waals surface area (Å²) in [5.41, 5.74) is 6.35. The molecular weight excluding hydrogens is 240 g/mol. The van der Waals surface area contributed by atoms with E-state index < -0.39 is 12.0 Å². The zero-order valence-electron chi connectivity index (χ0n) is 9.11. The molecule has 6 heteroatoms. The van der Waals surface area contributed by atoms with Gasteiger partial charge in [0.1, 0.15) is 11.1 Å². The molecule has 17 heavy (non-hydrogen) atoms. The molecule has 0 saturated heterocycles. The van der Waals surface area contributed by atoms with E-state index in [0.29, 0.717) is 11.5 Å². The third-order valence-electron chi connectivity index (χ3n) is 2.06. The molecule has 1 aromatic rings. The van der Waals surface area contributed by atoms with Crippen LogP contribution in [0.2, 0.25) is 0 Å². The lowest BCUT2D eigenvalue weighted by atomic mass is 10.2. The summed E-state index contributed by atoms with van der Waals surface area (Å²) in [6.07, 6.45) is 0.467. The van der Waals surface area contributed by atoms with Gasteiger partial charge in [-0.3, -0.25) is 4.79 Å². The second kappa shape index (κ2) is 6.93. The van der Waals surface area contributed by atoms with Gasteiger partial charge >= 0.3 is 5.97 Å². The molecule has 0 spiro atoms. The number of carbonyl (C=O) groups is 1. The molecule has 4 N–H and O–H groups in total. The highest BCUT2D eigenvalue weighted by atomic mass is 32.2. The Labute approximate surface area is 103 Å². The first-order valence-corrected chi connectivity index (χ1v) is 5.98. The van der Waals surface area contributed by atoms with Gasteiger partial charge in [-0.05, 0) is 5.56 Å². The largest absolute Gasteiger partial charge is 0.480 e. The summed E-state index contributed by atoms with van der Waals surface area (Å²) in [5.74, 6) is -0.879. The number of nitrogens with two attached hydrogens (primary N) is 1. The molecule has 0 fully saturated rings. The van der Waals surface area contributed by atoms with Crippen molar-refractivity contribution in [2.24, 2.45) is 10.9 Å². The molecule has 0 aromatic heterocycles. The molecular formula is C11H14N2O3S. The van der Waals surface area contributed by atoms with Crippen LogP contribution in [0.15, 0.2) is 35.5 Å². The normalized spacial score (nSPS) is 13.4. The quantitative estimate of drug-likeness (QED) is 0.317. The van der Waals surface area contributed by atoms with Crippen LogP contribution in [-0.2, 0) is 11.2 Å². The fourth-order valence-corrected chi connectivity index (χ4v) is 1.98. The monoisotopic (exact) mass is 254 g/mol. The number of hydrogen-bond acceptors (Lipinski definition) is 5. The standard InChI is InChI=1S/C11H14N2O3S/c12-9(11(14)15)7-17-10(13-16)6-8-4-2-1-3-5-8/h1-5,9,16H,6-7,12H2,(H,14,15). The number of carboxylic acid groups (broad SMARTS) is 1. The van der Waals surface area contributed by atoms with Gasteiger partial charge in [0.05, 0.1) is 0 Å². The van der Waals surface area contributed by atoms with Gasteiger partial charge in [-0.2, -0.15) is 0 Å². The molecule has 1 unspecified atom stereocenters. The summed E-state index contributed by atoms with van der Waals surface area (Å²) in [5, 5.41) is 21.0. The van der Waals surface area contributed by atoms with Crippen LogP contribution in [0.1, 0.15) is 5.56 Å². The molecule has 0 radical (unpaired) electrons. The number of aliphatic carboxylic acids is 1. The van der Waals surface area contributed by atoms with Crippen LogP contribution < -0.4 is 5.73 Å². The zero-order chi connectivity index (χ0) is 12.7. The zero-order valence-corrected chi connectivity index (χ0v) is 9.93. The van der Waals surface area contributed by atoms with E-state index in [-0.39, 0.29) is 5.75 Å². The Morgan fingerprint density at radius 1 is 1.41 bits per heavy atom. The molecule has 1 rings (SSSR count). The first-order chi connectivity index (χ1) is 8.13. The predicted molar refractivity (Wildman–Crippen MR) is 67.4 cm³/mol. The maximum absolute atomic E-state index is 10.5. The van der Waals surface area contributed by atoms with Crippen molar-refractivity contribution in [3.8, 4) is 0 Å². The molecule has 1 atom stereocenters. The Morgan fingerprint density at radius 2 is 2.06 bits per heavy atom. The van der Waals surface area contributed by atoms with E-state index >= 15 is 0 Å². The van der Waals surface area contributed by atoms with E-state index in [1.807, 2.05) is 30.3 Å². The second-order valence-electron chi connectivity index (χ2n) is 3.41. The summed E-state index contributed by atoms with van der Waals surface area (Å²) in [6.45, 7) is 0. The predicted octanol–water partition coefficient (Wildman–Crippen LogP) is 1.16. The van der Waals surface area contributed by atoms with Crippen molar-refractivity contribution in [1.29, 1.82) is 0 Å². The number of nitrogens with zero attached hydrogens (tertiary/aromatic N) is 1. The molecule has 92 valence electrons. The lowest BCUT2D eigenvalue weighted by Gasteiger charge is -2.07. The Bertz CT molecular complexity index is 395. The molecule has 0 saturated carbocycles. The van der Waals surface area contributed by atoms with E-state index in [1.54, 1.807) is 0 Å². The van der Waals surface area contributed by atoms with Gasteiger partial charge in [0.25, 0.3) is 0 Å². The van der Waals surface area contributed by atoms with E-state index in [4.69, 9.17) is 16.0 Å². The van der Waals surface area contributed by atoms with Crippen LogP contribution in [0.25, 0.3) is 0 Å². The van der Waals surface area contributed by atoms with Crippen LogP contribution in [-0.4, -0.2) is 33.1 Å². The van der Waals surface area contributed by atoms with Gasteiger partial charge < -0.3 is 16.0 Å². The number of thioether (sulfide) groups is 1. The smallest absolute Gasteiger partial charge is 0.321 e. The maximum Gasteiger partial charge on any atom is 0.321 e. The second-order valence-corrected chi connectivity index (χ2v) is 4.51. The van der Waals surface area contributed by atoms with Gasteiger partial charge in [-0.25, -0.2) is 0 Å². The topological polar surface area (TPSA) is 95.9 Å². The fourth-order valence-electron chi connectivity index (χ4n) is 1.14. The summed E-state index contributed by atoms with van der Waals surface area (Å²) in [4.78, 5) is 10.5. The first kappa shape index (κ1) is 13.5. The highest BCUT2D eigenvalue weighted by molar-refractivity contribution is 8.14. The van der Waals surface area contributed by atoms with Crippen molar-refractivity contribution in [3.05, 3.63) is 35.9 Å². The number of oxime groups is 1. The minimum absolute atomic E-state index is 0.182. The number of rotatable bonds is 5. The Morgan fingerprint density at radius 3 is 2.59 bits per heavy atom. The molecule has 5 nitrogen and oxygen atoms in total. The van der Waals surface area contributed by atoms with Crippen molar-refractivity contribution in [2.75, 3.05) is 5.75 Å². The van der Waals surface area contributed by atoms with Crippen LogP contribution >= 0.6 is 11.8 Å². The van der Waals surface area contributed by atoms with E-state index in [0.717, 1.165) is 17.3 Å². The third kappa shape index (κ3) is 4.88. The maximum atomic E-state index is 10.5. The van der Waals surface area contributed by atoms with Gasteiger partial charge in [-0.1, -0.05) is 35.5 Å². The Balaban J connectivity index is 2.48. The molecule has 0 bridgehead atoms. The van der Waals surface area contributed by atoms with Gasteiger partial charge in [0, 0.05) is 12.2 Å². The molecule has 0 heterocycles. The molecule has 0 aliphatic rings. The average Bonchev–Trinajstić information content (AvgIpc) is 2.35. The van der Waals surface area contributed by atoms with Crippen LogP contribution in [0.3, 0.4) is 0 Å². The highest BCUT2D eigenvalue weighted by Gasteiger charge is 2.13. The minimum Gasteiger partial charge on any atom is -0.480 e. The van der Waals surface area contributed by atoms with Crippen LogP contribution in [0, 0.1) is 0 Å². The van der Waals surface area contributed by atoms with Crippen LogP contribution in [0.4, 0.5) is 0 Å². The highest BCUT2D eigenvalue weighted by Crippen LogP contribution is 2.11. The molecule has 0 aliphatic carbocycles. The summed E-state index contributed by atoms with van der Waals surface area (Å²) < 4.78 is 0. The summed E-state index contributed by atoms with van der Waals surface area (Å²) in [6, 6.07) is 8.53. The minimum atomic E-state index is -1.06. The Hall–Kier alpha value is -1.53. The van der Waals surface area contributed by atoms with E-state index in [1.165, 1.54) is 0 Å². The number of carboxylic acids is 1. The average molecular weight is 254 g/mol. The number of benzene rings is 1. The van der Waals surface area contributed by atoms with Crippen LogP contribution in [0.5, 0.6) is 0 Å². The fraction of sp³-hybridized carbons (Fsp3) is 0.273. The van der Waals surface area contributed by atoms with E-state index in [9.17, 15) is 4.79 Å². The van der Waals surface area contributed by atoms with Gasteiger partial charge in [0.2, 0.25) is 0 Å². The van der Waals surface area contributed by atoms with E-state index in [2.05, 4.69) is 5.16 Å². The van der Waals surface area contributed by atoms with Crippen molar-refractivity contribution < 1.29 is 15.1 Å². The number of hydrogen-bond donors (Lipinski definition) is 3. The molecule has 0 aliphatic heterocycles. The Kier molecular flexibility index (Phi) is 5.51. The summed E-state index contributed by atoms with van der Waals surface area (Å²) >= 11 is 1.15. The molecule has 1 aromatic carbocycles. The third-order valence-corrected chi connectivity index (χ3v) is 3.14. The summed E-state index contributed by atoms with van der Waals surface area (Å²) in [7, 11) is 0. The van der Waals surface area contributed by atoms with Gasteiger partial charge in [-0.15, -0.1) is 11.8 Å². The molecule has 0 amide bonds. The van der Waals surface area contributed by atoms with Crippen molar-refractivity contribution >= 4 is 22.8 Å². The van der Waals surface area contributed by atoms with Crippen molar-refractivity contribution in [1.82, 2.24) is 0 Å². The van der Waals surface area contributed by atoms with Crippen molar-refractivity contribution in [2.45, 2.75) is 12.5 Å². The SMILES string of the molecule is NC(CSC(Cc1ccccc1)=NO)C(=O)O. The lowest BCUT2D eigenvalue weighted by Crippen LogP contribution is -2.33. The van der Waals surface area contributed by atoms with Gasteiger partial charge in [0.15, 0.2) is 0 Å². The van der Waals surface area contributed by atoms with Crippen molar-refractivity contribution in [3.63, 3.8) is 0 Å². The first-order valence-electron chi connectivity index (χ1n) is 4.99. The lowest BCUT2D eigenvalue weighted by molar-refractivity contribution is -0.137.